The Labute approximate surface area is 80.2 Å². The average Bonchev–Trinajstić information content (AvgIpc) is 2.41. The fourth-order valence-corrected chi connectivity index (χ4v) is 1.36. The molecule has 2 nitrogen and oxygen atoms in total. The average molecular weight is 178 g/mol. The topological polar surface area (TPSA) is 38.4 Å². The number of hydrogen-bond acceptors (Lipinski definition) is 2. The zero-order chi connectivity index (χ0) is 9.36. The molecule has 2 heteroatoms. The smallest absolute Gasteiger partial charge is 0.0682 e. The molecule has 0 fully saturated rings. The Bertz CT molecular complexity index is 188. The van der Waals surface area contributed by atoms with E-state index in [9.17, 15) is 0 Å². The molecule has 0 radical (unpaired) electrons. The van der Waals surface area contributed by atoms with Crippen LogP contribution in [-0.2, 0) is 0 Å². The molecular formula is C11H18N2. The predicted octanol–water partition coefficient (Wildman–Crippen LogP) is 2.07. The second-order valence-corrected chi connectivity index (χ2v) is 3.27. The summed E-state index contributed by atoms with van der Waals surface area (Å²) in [5, 5.41) is 0. The molecule has 1 rings (SSSR count). The molecule has 0 bridgehead atoms. The van der Waals surface area contributed by atoms with E-state index in [1.165, 1.54) is 12.8 Å². The van der Waals surface area contributed by atoms with Gasteiger partial charge in [-0.15, -0.1) is 0 Å². The molecule has 1 heterocycles. The van der Waals surface area contributed by atoms with E-state index in [1.807, 2.05) is 18.4 Å². The minimum absolute atomic E-state index is 0.382. The summed E-state index contributed by atoms with van der Waals surface area (Å²) in [5.74, 6) is 0. The van der Waals surface area contributed by atoms with Gasteiger partial charge in [0.2, 0.25) is 0 Å². The lowest BCUT2D eigenvalue weighted by Gasteiger charge is -2.05. The van der Waals surface area contributed by atoms with Crippen LogP contribution < -0.4 is 5.73 Å². The third-order valence-electron chi connectivity index (χ3n) is 2.12. The van der Waals surface area contributed by atoms with Crippen LogP contribution in [0.1, 0.15) is 25.7 Å². The molecule has 0 saturated heterocycles. The Morgan fingerprint density at radius 3 is 2.85 bits per heavy atom. The summed E-state index contributed by atoms with van der Waals surface area (Å²) in [6, 6.07) is 0.382. The van der Waals surface area contributed by atoms with E-state index < -0.39 is 0 Å². The van der Waals surface area contributed by atoms with Crippen molar-refractivity contribution < 1.29 is 0 Å². The third kappa shape index (κ3) is 4.63. The van der Waals surface area contributed by atoms with Crippen LogP contribution in [0.4, 0.5) is 0 Å². The molecule has 0 spiro atoms. The van der Waals surface area contributed by atoms with Gasteiger partial charge in [0.05, 0.1) is 6.04 Å². The van der Waals surface area contributed by atoms with Crippen molar-refractivity contribution in [3.63, 3.8) is 0 Å². The summed E-state index contributed by atoms with van der Waals surface area (Å²) in [6.45, 7) is 0.811. The van der Waals surface area contributed by atoms with Crippen molar-refractivity contribution in [1.82, 2.24) is 0 Å². The van der Waals surface area contributed by atoms with E-state index in [-0.39, 0.29) is 0 Å². The third-order valence-corrected chi connectivity index (χ3v) is 2.12. The Morgan fingerprint density at radius 2 is 2.00 bits per heavy atom. The fourth-order valence-electron chi connectivity index (χ4n) is 1.36. The first-order chi connectivity index (χ1) is 6.43. The van der Waals surface area contributed by atoms with Crippen molar-refractivity contribution in [2.75, 3.05) is 6.54 Å². The lowest BCUT2D eigenvalue weighted by Crippen LogP contribution is -2.02. The molecule has 0 aromatic rings. The van der Waals surface area contributed by atoms with Crippen molar-refractivity contribution in [2.45, 2.75) is 31.7 Å². The molecule has 2 N–H and O–H groups in total. The summed E-state index contributed by atoms with van der Waals surface area (Å²) >= 11 is 0. The van der Waals surface area contributed by atoms with E-state index in [2.05, 4.69) is 17.1 Å². The number of hydrogen-bond donors (Lipinski definition) is 1. The maximum absolute atomic E-state index is 5.42. The molecule has 0 aromatic heterocycles. The molecule has 1 unspecified atom stereocenters. The number of aliphatic imine (C=N–C) groups is 1. The van der Waals surface area contributed by atoms with Crippen molar-refractivity contribution >= 4 is 6.21 Å². The van der Waals surface area contributed by atoms with Gasteiger partial charge in [-0.3, -0.25) is 4.99 Å². The lowest BCUT2D eigenvalue weighted by molar-refractivity contribution is 0.612. The molecule has 0 saturated carbocycles. The molecule has 1 aliphatic rings. The Morgan fingerprint density at radius 1 is 1.08 bits per heavy atom. The van der Waals surface area contributed by atoms with Crippen LogP contribution in [0.15, 0.2) is 29.3 Å². The highest BCUT2D eigenvalue weighted by molar-refractivity contribution is 5.72. The van der Waals surface area contributed by atoms with Crippen LogP contribution in [0.5, 0.6) is 0 Å². The molecule has 0 amide bonds. The van der Waals surface area contributed by atoms with Gasteiger partial charge in [0.1, 0.15) is 0 Å². The molecule has 0 aromatic carbocycles. The number of nitrogens with zero attached hydrogens (tertiary/aromatic N) is 1. The Balaban J connectivity index is 2.14. The van der Waals surface area contributed by atoms with Crippen LogP contribution in [-0.4, -0.2) is 18.8 Å². The first kappa shape index (κ1) is 10.2. The summed E-state index contributed by atoms with van der Waals surface area (Å²) < 4.78 is 0. The van der Waals surface area contributed by atoms with Gasteiger partial charge in [0, 0.05) is 6.21 Å². The van der Waals surface area contributed by atoms with Crippen LogP contribution >= 0.6 is 0 Å². The highest BCUT2D eigenvalue weighted by atomic mass is 14.8. The lowest BCUT2D eigenvalue weighted by atomic mass is 10.1. The summed E-state index contributed by atoms with van der Waals surface area (Å²) in [5.41, 5.74) is 5.42. The van der Waals surface area contributed by atoms with E-state index in [0.717, 1.165) is 19.4 Å². The standard InChI is InChI=1S/C11H18N2/c12-9-5-1-3-7-11-8-4-2-6-10-13-11/h2,4,6,8,10-11H,1,3,5,7,9,12H2. The van der Waals surface area contributed by atoms with Crippen molar-refractivity contribution in [2.24, 2.45) is 10.7 Å². The van der Waals surface area contributed by atoms with E-state index >= 15 is 0 Å². The maximum Gasteiger partial charge on any atom is 0.0682 e. The Kier molecular flexibility index (Phi) is 5.18. The molecule has 1 aliphatic heterocycles. The van der Waals surface area contributed by atoms with Gasteiger partial charge in [0.15, 0.2) is 0 Å². The maximum atomic E-state index is 5.42. The zero-order valence-corrected chi connectivity index (χ0v) is 8.02. The molecular weight excluding hydrogens is 160 g/mol. The molecule has 13 heavy (non-hydrogen) atoms. The van der Waals surface area contributed by atoms with Gasteiger partial charge in [-0.1, -0.05) is 31.1 Å². The van der Waals surface area contributed by atoms with Crippen LogP contribution in [0.2, 0.25) is 0 Å². The van der Waals surface area contributed by atoms with Crippen molar-refractivity contribution in [1.29, 1.82) is 0 Å². The molecule has 1 atom stereocenters. The van der Waals surface area contributed by atoms with Gasteiger partial charge in [0.25, 0.3) is 0 Å². The van der Waals surface area contributed by atoms with E-state index in [4.69, 9.17) is 5.73 Å². The summed E-state index contributed by atoms with van der Waals surface area (Å²) in [4.78, 5) is 4.39. The van der Waals surface area contributed by atoms with Gasteiger partial charge < -0.3 is 5.73 Å². The minimum atomic E-state index is 0.382. The van der Waals surface area contributed by atoms with E-state index in [1.54, 1.807) is 0 Å². The number of unbranched alkanes of at least 4 members (excludes halogenated alkanes) is 2. The van der Waals surface area contributed by atoms with Gasteiger partial charge >= 0.3 is 0 Å². The largest absolute Gasteiger partial charge is 0.330 e. The van der Waals surface area contributed by atoms with Crippen LogP contribution in [0.3, 0.4) is 0 Å². The number of rotatable bonds is 5. The van der Waals surface area contributed by atoms with E-state index in [0.29, 0.717) is 6.04 Å². The van der Waals surface area contributed by atoms with Crippen molar-refractivity contribution in [3.05, 3.63) is 24.3 Å². The second-order valence-electron chi connectivity index (χ2n) is 3.27. The van der Waals surface area contributed by atoms with Gasteiger partial charge in [-0.2, -0.15) is 0 Å². The first-order valence-electron chi connectivity index (χ1n) is 5.00. The monoisotopic (exact) mass is 178 g/mol. The van der Waals surface area contributed by atoms with Crippen LogP contribution in [0, 0.1) is 0 Å². The fraction of sp³-hybridized carbons (Fsp3) is 0.545. The molecule has 72 valence electrons. The quantitative estimate of drug-likeness (QED) is 0.643. The number of allylic oxidation sites excluding steroid dienone is 3. The zero-order valence-electron chi connectivity index (χ0n) is 8.02. The molecule has 0 aliphatic carbocycles. The first-order valence-corrected chi connectivity index (χ1v) is 5.00. The van der Waals surface area contributed by atoms with Crippen LogP contribution in [0.25, 0.3) is 0 Å². The highest BCUT2D eigenvalue weighted by Gasteiger charge is 2.00. The Hall–Kier alpha value is -0.890. The number of nitrogens with two attached hydrogens (primary N) is 1. The highest BCUT2D eigenvalue weighted by Crippen LogP contribution is 2.08. The minimum Gasteiger partial charge on any atom is -0.330 e. The van der Waals surface area contributed by atoms with Crippen molar-refractivity contribution in [3.8, 4) is 0 Å². The normalized spacial score (nSPS) is 20.5. The summed E-state index contributed by atoms with van der Waals surface area (Å²) in [7, 11) is 0. The van der Waals surface area contributed by atoms with Gasteiger partial charge in [-0.05, 0) is 25.5 Å². The second kappa shape index (κ2) is 6.61. The summed E-state index contributed by atoms with van der Waals surface area (Å²) in [6.07, 6.45) is 14.8. The van der Waals surface area contributed by atoms with Gasteiger partial charge in [-0.25, -0.2) is 0 Å². The predicted molar refractivity (Wildman–Crippen MR) is 58.1 cm³/mol. The SMILES string of the molecule is NCCCCCC1C=CC=CC=N1.